The normalized spacial score (nSPS) is 11.0. The molecular weight excluding hydrogens is 474 g/mol. The van der Waals surface area contributed by atoms with Crippen LogP contribution in [0.5, 0.6) is 11.5 Å². The lowest BCUT2D eigenvalue weighted by Gasteiger charge is -2.11. The van der Waals surface area contributed by atoms with Crippen LogP contribution >= 0.6 is 0 Å². The maximum Gasteiger partial charge on any atom is 0.238 e. The number of carbonyl (C=O) groups is 1. The van der Waals surface area contributed by atoms with Gasteiger partial charge in [0, 0.05) is 18.4 Å². The Bertz CT molecular complexity index is 1340. The van der Waals surface area contributed by atoms with Crippen LogP contribution in [0.2, 0.25) is 0 Å². The third-order valence-corrected chi connectivity index (χ3v) is 5.86. The van der Waals surface area contributed by atoms with E-state index < -0.39 is 10.0 Å². The summed E-state index contributed by atoms with van der Waals surface area (Å²) in [4.78, 5) is 19.5. The zero-order chi connectivity index (χ0) is 25.6. The van der Waals surface area contributed by atoms with Crippen molar-refractivity contribution in [2.45, 2.75) is 24.8 Å². The highest BCUT2D eigenvalue weighted by molar-refractivity contribution is 7.89. The number of hydrogen-bond donors (Lipinski definition) is 6. The SMILES string of the molecule is COc1ccc(CNC(=N)Nc2nc(CC(=O)Nc3cc(S(N)(=O)=O)ccc3C)c[nH]2)cc1OC. The number of nitrogens with one attached hydrogen (secondary N) is 5. The Hall–Kier alpha value is -4.10. The second-order valence-corrected chi connectivity index (χ2v) is 9.09. The number of rotatable bonds is 9. The van der Waals surface area contributed by atoms with Gasteiger partial charge in [-0.1, -0.05) is 12.1 Å². The van der Waals surface area contributed by atoms with Crippen LogP contribution in [0.1, 0.15) is 16.8 Å². The summed E-state index contributed by atoms with van der Waals surface area (Å²) in [5, 5.41) is 21.6. The number of aromatic amines is 1. The van der Waals surface area contributed by atoms with Crippen molar-refractivity contribution in [3.05, 3.63) is 59.4 Å². The van der Waals surface area contributed by atoms with E-state index in [4.69, 9.17) is 20.0 Å². The predicted molar refractivity (Wildman–Crippen MR) is 131 cm³/mol. The van der Waals surface area contributed by atoms with Gasteiger partial charge in [0.15, 0.2) is 17.5 Å². The molecule has 1 heterocycles. The van der Waals surface area contributed by atoms with Crippen LogP contribution in [-0.2, 0) is 27.8 Å². The van der Waals surface area contributed by atoms with Crippen molar-refractivity contribution in [3.8, 4) is 11.5 Å². The number of guanidine groups is 1. The molecule has 0 aliphatic carbocycles. The minimum atomic E-state index is -3.89. The second-order valence-electron chi connectivity index (χ2n) is 7.53. The van der Waals surface area contributed by atoms with Gasteiger partial charge in [-0.3, -0.25) is 15.5 Å². The molecule has 0 aliphatic rings. The molecule has 0 aliphatic heterocycles. The number of benzene rings is 2. The molecule has 1 amide bonds. The number of H-pyrrole nitrogens is 1. The molecule has 35 heavy (non-hydrogen) atoms. The fourth-order valence-corrected chi connectivity index (χ4v) is 3.67. The fraction of sp³-hybridized carbons (Fsp3) is 0.227. The Kier molecular flexibility index (Phi) is 7.94. The van der Waals surface area contributed by atoms with E-state index in [0.29, 0.717) is 35.0 Å². The van der Waals surface area contributed by atoms with Gasteiger partial charge in [0.05, 0.1) is 31.2 Å². The zero-order valence-electron chi connectivity index (χ0n) is 19.4. The molecule has 3 aromatic rings. The van der Waals surface area contributed by atoms with Crippen molar-refractivity contribution in [1.82, 2.24) is 15.3 Å². The average Bonchev–Trinajstić information content (AvgIpc) is 3.24. The van der Waals surface area contributed by atoms with Crippen LogP contribution in [-0.4, -0.2) is 44.5 Å². The van der Waals surface area contributed by atoms with Gasteiger partial charge < -0.3 is 25.1 Å². The molecule has 0 fully saturated rings. The van der Waals surface area contributed by atoms with Gasteiger partial charge in [0.1, 0.15) is 0 Å². The number of anilines is 2. The minimum absolute atomic E-state index is 0.000528. The van der Waals surface area contributed by atoms with E-state index in [9.17, 15) is 13.2 Å². The minimum Gasteiger partial charge on any atom is -0.493 e. The first-order valence-corrected chi connectivity index (χ1v) is 11.9. The molecule has 12 nitrogen and oxygen atoms in total. The summed E-state index contributed by atoms with van der Waals surface area (Å²) in [7, 11) is -0.778. The van der Waals surface area contributed by atoms with Gasteiger partial charge in [-0.15, -0.1) is 0 Å². The van der Waals surface area contributed by atoms with Crippen LogP contribution in [0.25, 0.3) is 0 Å². The zero-order valence-corrected chi connectivity index (χ0v) is 20.2. The van der Waals surface area contributed by atoms with Gasteiger partial charge in [0.2, 0.25) is 21.9 Å². The number of nitrogens with two attached hydrogens (primary N) is 1. The first-order valence-electron chi connectivity index (χ1n) is 10.4. The number of amides is 1. The van der Waals surface area contributed by atoms with E-state index in [2.05, 4.69) is 25.9 Å². The highest BCUT2D eigenvalue weighted by Gasteiger charge is 2.14. The highest BCUT2D eigenvalue weighted by Crippen LogP contribution is 2.27. The van der Waals surface area contributed by atoms with Gasteiger partial charge in [-0.05, 0) is 42.3 Å². The quantitative estimate of drug-likeness (QED) is 0.189. The van der Waals surface area contributed by atoms with Gasteiger partial charge in [-0.2, -0.15) is 0 Å². The van der Waals surface area contributed by atoms with Crippen molar-refractivity contribution in [1.29, 1.82) is 5.41 Å². The number of aromatic nitrogens is 2. The monoisotopic (exact) mass is 501 g/mol. The summed E-state index contributed by atoms with van der Waals surface area (Å²) >= 11 is 0. The number of nitrogens with zero attached hydrogens (tertiary/aromatic N) is 1. The third-order valence-electron chi connectivity index (χ3n) is 4.94. The largest absolute Gasteiger partial charge is 0.493 e. The lowest BCUT2D eigenvalue weighted by molar-refractivity contribution is -0.115. The smallest absolute Gasteiger partial charge is 0.238 e. The molecule has 13 heteroatoms. The van der Waals surface area contributed by atoms with Crippen molar-refractivity contribution in [3.63, 3.8) is 0 Å². The molecule has 0 saturated carbocycles. The van der Waals surface area contributed by atoms with E-state index in [1.807, 2.05) is 12.1 Å². The lowest BCUT2D eigenvalue weighted by atomic mass is 10.2. The molecule has 0 saturated heterocycles. The Morgan fingerprint density at radius 1 is 1.11 bits per heavy atom. The summed E-state index contributed by atoms with van der Waals surface area (Å²) in [6.45, 7) is 2.10. The van der Waals surface area contributed by atoms with E-state index in [0.717, 1.165) is 5.56 Å². The Morgan fingerprint density at radius 3 is 2.54 bits per heavy atom. The average molecular weight is 502 g/mol. The van der Waals surface area contributed by atoms with E-state index in [1.54, 1.807) is 33.3 Å². The highest BCUT2D eigenvalue weighted by atomic mass is 32.2. The summed E-state index contributed by atoms with van der Waals surface area (Å²) < 4.78 is 33.6. The van der Waals surface area contributed by atoms with Crippen LogP contribution in [0.4, 0.5) is 11.6 Å². The third kappa shape index (κ3) is 6.94. The number of imidazole rings is 1. The molecule has 0 atom stereocenters. The predicted octanol–water partition coefficient (Wildman–Crippen LogP) is 1.70. The van der Waals surface area contributed by atoms with E-state index in [1.165, 1.54) is 18.3 Å². The fourth-order valence-electron chi connectivity index (χ4n) is 3.13. The topological polar surface area (TPSA) is 184 Å². The molecular formula is C22H27N7O5S. The van der Waals surface area contributed by atoms with Crippen LogP contribution in [0.15, 0.2) is 47.5 Å². The number of primary sulfonamides is 1. The van der Waals surface area contributed by atoms with Crippen molar-refractivity contribution >= 4 is 33.5 Å². The van der Waals surface area contributed by atoms with Crippen molar-refractivity contribution in [2.24, 2.45) is 5.14 Å². The maximum atomic E-state index is 12.4. The van der Waals surface area contributed by atoms with Crippen molar-refractivity contribution < 1.29 is 22.7 Å². The number of aryl methyl sites for hydroxylation is 1. The van der Waals surface area contributed by atoms with Crippen LogP contribution < -0.4 is 30.6 Å². The first-order chi connectivity index (χ1) is 16.6. The molecule has 0 radical (unpaired) electrons. The Morgan fingerprint density at radius 2 is 1.86 bits per heavy atom. The van der Waals surface area contributed by atoms with Crippen molar-refractivity contribution in [2.75, 3.05) is 24.9 Å². The summed E-state index contributed by atoms with van der Waals surface area (Å²) in [5.74, 6) is 1.10. The summed E-state index contributed by atoms with van der Waals surface area (Å²) in [5.41, 5.74) is 2.34. The van der Waals surface area contributed by atoms with Crippen LogP contribution in [0, 0.1) is 12.3 Å². The molecule has 0 unspecified atom stereocenters. The number of hydrogen-bond acceptors (Lipinski definition) is 7. The Balaban J connectivity index is 1.54. The molecule has 186 valence electrons. The van der Waals surface area contributed by atoms with Gasteiger partial charge >= 0.3 is 0 Å². The number of sulfonamides is 1. The summed E-state index contributed by atoms with van der Waals surface area (Å²) in [6, 6.07) is 9.69. The maximum absolute atomic E-state index is 12.4. The van der Waals surface area contributed by atoms with Gasteiger partial charge in [-0.25, -0.2) is 18.5 Å². The first kappa shape index (κ1) is 25.5. The molecule has 2 aromatic carbocycles. The molecule has 0 spiro atoms. The van der Waals surface area contributed by atoms with E-state index >= 15 is 0 Å². The molecule has 3 rings (SSSR count). The number of ether oxygens (including phenoxy) is 2. The standard InChI is InChI=1S/C22H27N7O5S/c1-13-4-6-16(35(24,31)32)10-17(13)28-20(30)9-15-12-26-22(27-15)29-21(23)25-11-14-5-7-18(33-2)19(8-14)34-3/h4-8,10,12H,9,11H2,1-3H3,(H,28,30)(H2,24,31,32)(H4,23,25,26,27,29). The number of carbonyl (C=O) groups excluding carboxylic acids is 1. The molecule has 1 aromatic heterocycles. The van der Waals surface area contributed by atoms with Gasteiger partial charge in [0.25, 0.3) is 0 Å². The molecule has 7 N–H and O–H groups in total. The number of methoxy groups -OCH3 is 2. The second kappa shape index (κ2) is 10.9. The van der Waals surface area contributed by atoms with Crippen LogP contribution in [0.3, 0.4) is 0 Å². The van der Waals surface area contributed by atoms with E-state index in [-0.39, 0.29) is 29.1 Å². The molecule has 0 bridgehead atoms. The lowest BCUT2D eigenvalue weighted by Crippen LogP contribution is -2.29. The summed E-state index contributed by atoms with van der Waals surface area (Å²) in [6.07, 6.45) is 1.47. The Labute approximate surface area is 202 Å².